The normalized spacial score (nSPS) is 16.4. The number of hydrogen-bond donors (Lipinski definition) is 1. The zero-order valence-corrected chi connectivity index (χ0v) is 12.2. The highest BCUT2D eigenvalue weighted by molar-refractivity contribution is 6.03. The molecule has 108 valence electrons. The molecule has 3 rings (SSSR count). The third-order valence-corrected chi connectivity index (χ3v) is 3.52. The van der Waals surface area contributed by atoms with Crippen LogP contribution in [0.25, 0.3) is 0 Å². The molecular weight excluding hydrogens is 264 g/mol. The molecule has 4 heteroatoms. The molecule has 1 aliphatic heterocycles. The topological polar surface area (TPSA) is 51.2 Å². The molecule has 0 fully saturated rings. The zero-order valence-electron chi connectivity index (χ0n) is 12.2. The molecular formula is C17H18N2O2. The van der Waals surface area contributed by atoms with Gasteiger partial charge in [-0.1, -0.05) is 18.2 Å². The molecule has 0 radical (unpaired) electrons. The Labute approximate surface area is 124 Å². The zero-order chi connectivity index (χ0) is 14.8. The van der Waals surface area contributed by atoms with Gasteiger partial charge in [-0.25, -0.2) is 0 Å². The van der Waals surface area contributed by atoms with Crippen molar-refractivity contribution in [2.75, 3.05) is 11.9 Å². The second-order valence-corrected chi connectivity index (χ2v) is 5.46. The first-order valence-corrected chi connectivity index (χ1v) is 7.14. The van der Waals surface area contributed by atoms with Crippen LogP contribution in [0.5, 0.6) is 5.75 Å². The Morgan fingerprint density at radius 3 is 2.95 bits per heavy atom. The van der Waals surface area contributed by atoms with E-state index >= 15 is 0 Å². The molecule has 0 bridgehead atoms. The Morgan fingerprint density at radius 2 is 2.14 bits per heavy atom. The minimum absolute atomic E-state index is 0.0611. The van der Waals surface area contributed by atoms with Crippen molar-refractivity contribution >= 4 is 11.5 Å². The average Bonchev–Trinajstić information content (AvgIpc) is 2.90. The molecule has 0 amide bonds. The molecule has 2 aromatic rings. The summed E-state index contributed by atoms with van der Waals surface area (Å²) >= 11 is 0. The van der Waals surface area contributed by atoms with Gasteiger partial charge in [0.2, 0.25) is 0 Å². The van der Waals surface area contributed by atoms with Gasteiger partial charge in [-0.3, -0.25) is 9.78 Å². The quantitative estimate of drug-likeness (QED) is 0.874. The van der Waals surface area contributed by atoms with Gasteiger partial charge in [0.1, 0.15) is 5.75 Å². The van der Waals surface area contributed by atoms with Crippen molar-refractivity contribution in [3.05, 3.63) is 53.9 Å². The maximum Gasteiger partial charge on any atom is 0.173 e. The van der Waals surface area contributed by atoms with Crippen LogP contribution in [-0.4, -0.2) is 23.4 Å². The van der Waals surface area contributed by atoms with Crippen molar-refractivity contribution in [3.8, 4) is 5.75 Å². The summed E-state index contributed by atoms with van der Waals surface area (Å²) in [4.78, 5) is 16.8. The lowest BCUT2D eigenvalue weighted by atomic mass is 9.93. The number of ether oxygens (including phenoxy) is 1. The molecule has 0 spiro atoms. The van der Waals surface area contributed by atoms with Crippen LogP contribution < -0.4 is 10.1 Å². The van der Waals surface area contributed by atoms with Crippen molar-refractivity contribution < 1.29 is 9.53 Å². The number of aromatic nitrogens is 1. The van der Waals surface area contributed by atoms with Gasteiger partial charge in [0.05, 0.1) is 18.2 Å². The number of rotatable bonds is 4. The summed E-state index contributed by atoms with van der Waals surface area (Å²) < 4.78 is 5.61. The lowest BCUT2D eigenvalue weighted by Gasteiger charge is -2.12. The van der Waals surface area contributed by atoms with E-state index in [4.69, 9.17) is 4.74 Å². The van der Waals surface area contributed by atoms with E-state index in [2.05, 4.69) is 10.3 Å². The fourth-order valence-corrected chi connectivity index (χ4v) is 2.61. The predicted octanol–water partition coefficient (Wildman–Crippen LogP) is 3.26. The monoisotopic (exact) mass is 282 g/mol. The molecule has 0 saturated heterocycles. The SMILES string of the molecule is CC(C)Oc1cncc(C(=O)C2CNc3ccccc32)c1. The van der Waals surface area contributed by atoms with Crippen LogP contribution in [0.1, 0.15) is 35.7 Å². The summed E-state index contributed by atoms with van der Waals surface area (Å²) in [6.45, 7) is 4.53. The van der Waals surface area contributed by atoms with E-state index in [-0.39, 0.29) is 17.8 Å². The number of para-hydroxylation sites is 1. The number of fused-ring (bicyclic) bond motifs is 1. The number of benzene rings is 1. The van der Waals surface area contributed by atoms with E-state index in [9.17, 15) is 4.79 Å². The molecule has 2 heterocycles. The summed E-state index contributed by atoms with van der Waals surface area (Å²) in [5.74, 6) is 0.557. The highest BCUT2D eigenvalue weighted by atomic mass is 16.5. The largest absolute Gasteiger partial charge is 0.489 e. The first kappa shape index (κ1) is 13.6. The molecule has 1 aromatic carbocycles. The van der Waals surface area contributed by atoms with Gasteiger partial charge in [-0.2, -0.15) is 0 Å². The summed E-state index contributed by atoms with van der Waals surface area (Å²) in [5, 5.41) is 3.28. The fraction of sp³-hybridized carbons (Fsp3) is 0.294. The highest BCUT2D eigenvalue weighted by Crippen LogP contribution is 2.33. The van der Waals surface area contributed by atoms with Gasteiger partial charge < -0.3 is 10.1 Å². The molecule has 1 aromatic heterocycles. The van der Waals surface area contributed by atoms with E-state index in [1.54, 1.807) is 18.5 Å². The first-order valence-electron chi connectivity index (χ1n) is 7.14. The summed E-state index contributed by atoms with van der Waals surface area (Å²) in [6, 6.07) is 9.70. The fourth-order valence-electron chi connectivity index (χ4n) is 2.61. The maximum atomic E-state index is 12.7. The van der Waals surface area contributed by atoms with E-state index in [0.29, 0.717) is 17.9 Å². The van der Waals surface area contributed by atoms with Crippen LogP contribution in [0.3, 0.4) is 0 Å². The highest BCUT2D eigenvalue weighted by Gasteiger charge is 2.29. The first-order chi connectivity index (χ1) is 10.1. The lowest BCUT2D eigenvalue weighted by Crippen LogP contribution is -2.15. The number of nitrogens with one attached hydrogen (secondary N) is 1. The minimum atomic E-state index is -0.155. The summed E-state index contributed by atoms with van der Waals surface area (Å²) in [5.41, 5.74) is 2.69. The summed E-state index contributed by atoms with van der Waals surface area (Å²) in [6.07, 6.45) is 3.31. The van der Waals surface area contributed by atoms with Crippen LogP contribution in [0.15, 0.2) is 42.7 Å². The Hall–Kier alpha value is -2.36. The van der Waals surface area contributed by atoms with Crippen LogP contribution in [0, 0.1) is 0 Å². The molecule has 1 N–H and O–H groups in total. The van der Waals surface area contributed by atoms with E-state index in [0.717, 1.165) is 11.3 Å². The average molecular weight is 282 g/mol. The van der Waals surface area contributed by atoms with E-state index in [1.807, 2.05) is 38.1 Å². The van der Waals surface area contributed by atoms with Crippen LogP contribution >= 0.6 is 0 Å². The standard InChI is InChI=1S/C17H18N2O2/c1-11(2)21-13-7-12(8-18-9-13)17(20)15-10-19-16-6-4-3-5-14(15)16/h3-9,11,15,19H,10H2,1-2H3. The maximum absolute atomic E-state index is 12.7. The number of nitrogens with zero attached hydrogens (tertiary/aromatic N) is 1. The molecule has 1 atom stereocenters. The van der Waals surface area contributed by atoms with Gasteiger partial charge in [0.15, 0.2) is 5.78 Å². The van der Waals surface area contributed by atoms with Crippen LogP contribution in [-0.2, 0) is 0 Å². The Bertz CT molecular complexity index is 667. The smallest absolute Gasteiger partial charge is 0.173 e. The van der Waals surface area contributed by atoms with Crippen molar-refractivity contribution in [1.29, 1.82) is 0 Å². The number of ketones is 1. The third-order valence-electron chi connectivity index (χ3n) is 3.52. The number of carbonyl (C=O) groups excluding carboxylic acids is 1. The number of carbonyl (C=O) groups is 1. The van der Waals surface area contributed by atoms with Gasteiger partial charge in [0, 0.05) is 24.0 Å². The van der Waals surface area contributed by atoms with E-state index in [1.165, 1.54) is 0 Å². The van der Waals surface area contributed by atoms with Crippen molar-refractivity contribution in [2.24, 2.45) is 0 Å². The molecule has 4 nitrogen and oxygen atoms in total. The Balaban J connectivity index is 1.86. The second kappa shape index (κ2) is 5.56. The van der Waals surface area contributed by atoms with Crippen molar-refractivity contribution in [3.63, 3.8) is 0 Å². The predicted molar refractivity (Wildman–Crippen MR) is 82.0 cm³/mol. The Kier molecular flexibility index (Phi) is 3.60. The van der Waals surface area contributed by atoms with Crippen LogP contribution in [0.2, 0.25) is 0 Å². The van der Waals surface area contributed by atoms with E-state index < -0.39 is 0 Å². The molecule has 1 unspecified atom stereocenters. The van der Waals surface area contributed by atoms with Crippen LogP contribution in [0.4, 0.5) is 5.69 Å². The molecule has 0 saturated carbocycles. The Morgan fingerprint density at radius 1 is 1.33 bits per heavy atom. The minimum Gasteiger partial charge on any atom is -0.489 e. The van der Waals surface area contributed by atoms with Gasteiger partial charge in [0.25, 0.3) is 0 Å². The van der Waals surface area contributed by atoms with Crippen molar-refractivity contribution in [2.45, 2.75) is 25.9 Å². The number of Topliss-reactive ketones (excluding diaryl/α,β-unsaturated/α-hetero) is 1. The molecule has 1 aliphatic rings. The number of pyridine rings is 1. The summed E-state index contributed by atoms with van der Waals surface area (Å²) in [7, 11) is 0. The third kappa shape index (κ3) is 2.75. The van der Waals surface area contributed by atoms with Crippen molar-refractivity contribution in [1.82, 2.24) is 4.98 Å². The second-order valence-electron chi connectivity index (χ2n) is 5.46. The van der Waals surface area contributed by atoms with Gasteiger partial charge in [-0.15, -0.1) is 0 Å². The number of hydrogen-bond acceptors (Lipinski definition) is 4. The number of anilines is 1. The van der Waals surface area contributed by atoms with Gasteiger partial charge >= 0.3 is 0 Å². The molecule has 21 heavy (non-hydrogen) atoms. The lowest BCUT2D eigenvalue weighted by molar-refractivity contribution is 0.0965. The molecule has 0 aliphatic carbocycles. The van der Waals surface area contributed by atoms with Gasteiger partial charge in [-0.05, 0) is 31.5 Å².